The molecule has 7 nitrogen and oxygen atoms in total. The molecular formula is C23H23N3O4S. The van der Waals surface area contributed by atoms with Gasteiger partial charge in [-0.05, 0) is 31.2 Å². The van der Waals surface area contributed by atoms with E-state index in [1.807, 2.05) is 49.4 Å². The van der Waals surface area contributed by atoms with E-state index in [1.165, 1.54) is 0 Å². The Balaban J connectivity index is 1.88. The van der Waals surface area contributed by atoms with Crippen LogP contribution < -0.4 is 19.5 Å². The maximum atomic E-state index is 11.6. The summed E-state index contributed by atoms with van der Waals surface area (Å²) in [5, 5.41) is 5.33. The Morgan fingerprint density at radius 1 is 0.968 bits per heavy atom. The second kappa shape index (κ2) is 8.31. The van der Waals surface area contributed by atoms with E-state index < -0.39 is 10.0 Å². The highest BCUT2D eigenvalue weighted by Gasteiger charge is 2.15. The summed E-state index contributed by atoms with van der Waals surface area (Å²) in [4.78, 5) is 4.82. The first-order valence-corrected chi connectivity index (χ1v) is 11.7. The second-order valence-corrected chi connectivity index (χ2v) is 8.75. The number of hydrogen-bond acceptors (Lipinski definition) is 6. The molecule has 0 aliphatic rings. The highest BCUT2D eigenvalue weighted by molar-refractivity contribution is 7.92. The molecule has 4 aromatic rings. The van der Waals surface area contributed by atoms with Crippen LogP contribution in [0.5, 0.6) is 11.5 Å². The van der Waals surface area contributed by atoms with Crippen molar-refractivity contribution in [1.82, 2.24) is 4.98 Å². The minimum absolute atomic E-state index is 0.424. The molecule has 4 rings (SSSR count). The van der Waals surface area contributed by atoms with Crippen molar-refractivity contribution in [3.63, 3.8) is 0 Å². The molecule has 0 saturated heterocycles. The van der Waals surface area contributed by atoms with Gasteiger partial charge in [-0.1, -0.05) is 30.3 Å². The van der Waals surface area contributed by atoms with Gasteiger partial charge in [0.05, 0.1) is 42.6 Å². The minimum atomic E-state index is -3.39. The average molecular weight is 438 g/mol. The third-order valence-corrected chi connectivity index (χ3v) is 5.34. The van der Waals surface area contributed by atoms with Crippen LogP contribution in [0.1, 0.15) is 6.92 Å². The number of benzene rings is 3. The van der Waals surface area contributed by atoms with Crippen molar-refractivity contribution in [2.24, 2.45) is 0 Å². The van der Waals surface area contributed by atoms with E-state index in [9.17, 15) is 8.42 Å². The molecular weight excluding hydrogens is 414 g/mol. The first-order chi connectivity index (χ1) is 14.9. The Morgan fingerprint density at radius 3 is 2.48 bits per heavy atom. The van der Waals surface area contributed by atoms with Crippen LogP contribution in [-0.2, 0) is 10.0 Å². The third kappa shape index (κ3) is 4.34. The maximum Gasteiger partial charge on any atom is 0.229 e. The number of rotatable bonds is 7. The molecule has 0 saturated carbocycles. The van der Waals surface area contributed by atoms with Crippen molar-refractivity contribution < 1.29 is 17.9 Å². The predicted octanol–water partition coefficient (Wildman–Crippen LogP) is 4.91. The molecule has 1 heterocycles. The van der Waals surface area contributed by atoms with Crippen molar-refractivity contribution >= 4 is 48.9 Å². The predicted molar refractivity (Wildman–Crippen MR) is 125 cm³/mol. The van der Waals surface area contributed by atoms with Crippen LogP contribution in [0.2, 0.25) is 0 Å². The second-order valence-electron chi connectivity index (χ2n) is 7.00. The van der Waals surface area contributed by atoms with Crippen LogP contribution in [0.15, 0.2) is 60.7 Å². The minimum Gasteiger partial charge on any atom is -0.494 e. The molecule has 0 aliphatic heterocycles. The van der Waals surface area contributed by atoms with Gasteiger partial charge in [0, 0.05) is 16.8 Å². The van der Waals surface area contributed by atoms with E-state index in [0.717, 1.165) is 33.7 Å². The summed E-state index contributed by atoms with van der Waals surface area (Å²) < 4.78 is 36.9. The molecule has 8 heteroatoms. The summed E-state index contributed by atoms with van der Waals surface area (Å²) in [6.07, 6.45) is 1.11. The highest BCUT2D eigenvalue weighted by Crippen LogP contribution is 2.39. The first-order valence-electron chi connectivity index (χ1n) is 9.76. The summed E-state index contributed by atoms with van der Waals surface area (Å²) in [6.45, 7) is 2.48. The zero-order chi connectivity index (χ0) is 22.0. The van der Waals surface area contributed by atoms with Gasteiger partial charge in [0.2, 0.25) is 10.0 Å². The molecule has 0 bridgehead atoms. The molecule has 2 N–H and O–H groups in total. The van der Waals surface area contributed by atoms with Crippen LogP contribution in [0.3, 0.4) is 0 Å². The standard InChI is InChI=1S/C23H23N3O4S/c1-4-30-20-11-7-9-17-22(16-8-5-6-10-18(16)24-23(17)20)25-19-13-12-15(14-21(19)29-2)26-31(3,27)28/h5-14,26H,4H2,1-3H3,(H,24,25). The molecule has 0 fully saturated rings. The lowest BCUT2D eigenvalue weighted by atomic mass is 10.1. The van der Waals surface area contributed by atoms with Gasteiger partial charge in [-0.2, -0.15) is 0 Å². The number of aromatic nitrogens is 1. The third-order valence-electron chi connectivity index (χ3n) is 4.74. The SMILES string of the molecule is CCOc1cccc2c(Nc3ccc(NS(C)(=O)=O)cc3OC)c3ccccc3nc12. The molecule has 0 amide bonds. The number of nitrogens with one attached hydrogen (secondary N) is 2. The number of sulfonamides is 1. The van der Waals surface area contributed by atoms with E-state index in [1.54, 1.807) is 25.3 Å². The molecule has 0 unspecified atom stereocenters. The van der Waals surface area contributed by atoms with Gasteiger partial charge >= 0.3 is 0 Å². The van der Waals surface area contributed by atoms with E-state index in [2.05, 4.69) is 10.0 Å². The summed E-state index contributed by atoms with van der Waals surface area (Å²) in [5.74, 6) is 1.22. The number of pyridine rings is 1. The van der Waals surface area contributed by atoms with Gasteiger partial charge in [0.25, 0.3) is 0 Å². The van der Waals surface area contributed by atoms with E-state index in [4.69, 9.17) is 14.5 Å². The number of anilines is 3. The Morgan fingerprint density at radius 2 is 1.74 bits per heavy atom. The quantitative estimate of drug-likeness (QED) is 0.399. The maximum absolute atomic E-state index is 11.6. The lowest BCUT2D eigenvalue weighted by molar-refractivity contribution is 0.343. The number of para-hydroxylation sites is 2. The molecule has 0 spiro atoms. The Bertz CT molecular complexity index is 1370. The van der Waals surface area contributed by atoms with Crippen LogP contribution in [0.25, 0.3) is 21.8 Å². The fourth-order valence-electron chi connectivity index (χ4n) is 3.50. The van der Waals surface area contributed by atoms with Gasteiger partial charge in [-0.25, -0.2) is 13.4 Å². The van der Waals surface area contributed by atoms with Crippen molar-refractivity contribution in [2.75, 3.05) is 30.0 Å². The summed E-state index contributed by atoms with van der Waals surface area (Å²) in [7, 11) is -1.85. The van der Waals surface area contributed by atoms with Gasteiger partial charge in [-0.15, -0.1) is 0 Å². The summed E-state index contributed by atoms with van der Waals surface area (Å²) >= 11 is 0. The van der Waals surface area contributed by atoms with E-state index in [-0.39, 0.29) is 0 Å². The fourth-order valence-corrected chi connectivity index (χ4v) is 4.06. The number of ether oxygens (including phenoxy) is 2. The Labute approximate surface area is 181 Å². The van der Waals surface area contributed by atoms with E-state index >= 15 is 0 Å². The van der Waals surface area contributed by atoms with Crippen molar-refractivity contribution in [3.05, 3.63) is 60.7 Å². The molecule has 160 valence electrons. The monoisotopic (exact) mass is 437 g/mol. The van der Waals surface area contributed by atoms with E-state index in [0.29, 0.717) is 29.5 Å². The molecule has 0 atom stereocenters. The average Bonchev–Trinajstić information content (AvgIpc) is 2.74. The van der Waals surface area contributed by atoms with Crippen LogP contribution >= 0.6 is 0 Å². The lowest BCUT2D eigenvalue weighted by Gasteiger charge is -2.17. The number of hydrogen-bond donors (Lipinski definition) is 2. The van der Waals surface area contributed by atoms with Crippen molar-refractivity contribution in [3.8, 4) is 11.5 Å². The molecule has 0 aliphatic carbocycles. The van der Waals surface area contributed by atoms with Crippen LogP contribution in [-0.4, -0.2) is 33.4 Å². The lowest BCUT2D eigenvalue weighted by Crippen LogP contribution is -2.09. The van der Waals surface area contributed by atoms with Gasteiger partial charge in [0.15, 0.2) is 0 Å². The normalized spacial score (nSPS) is 11.5. The molecule has 31 heavy (non-hydrogen) atoms. The van der Waals surface area contributed by atoms with Crippen LogP contribution in [0.4, 0.5) is 17.1 Å². The topological polar surface area (TPSA) is 89.6 Å². The summed E-state index contributed by atoms with van der Waals surface area (Å²) in [5.41, 5.74) is 3.58. The Kier molecular flexibility index (Phi) is 5.56. The number of methoxy groups -OCH3 is 1. The van der Waals surface area contributed by atoms with Gasteiger partial charge in [-0.3, -0.25) is 4.72 Å². The van der Waals surface area contributed by atoms with Crippen molar-refractivity contribution in [2.45, 2.75) is 6.92 Å². The van der Waals surface area contributed by atoms with Gasteiger partial charge < -0.3 is 14.8 Å². The van der Waals surface area contributed by atoms with Gasteiger partial charge in [0.1, 0.15) is 17.0 Å². The Hall–Kier alpha value is -3.52. The molecule has 3 aromatic carbocycles. The highest BCUT2D eigenvalue weighted by atomic mass is 32.2. The smallest absolute Gasteiger partial charge is 0.229 e. The fraction of sp³-hybridized carbons (Fsp3) is 0.174. The first kappa shape index (κ1) is 20.7. The number of fused-ring (bicyclic) bond motifs is 2. The zero-order valence-corrected chi connectivity index (χ0v) is 18.3. The summed E-state index contributed by atoms with van der Waals surface area (Å²) in [6, 6.07) is 18.8. The van der Waals surface area contributed by atoms with Crippen LogP contribution in [0, 0.1) is 0 Å². The zero-order valence-electron chi connectivity index (χ0n) is 17.5. The molecule has 1 aromatic heterocycles. The van der Waals surface area contributed by atoms with Crippen molar-refractivity contribution in [1.29, 1.82) is 0 Å². The largest absolute Gasteiger partial charge is 0.494 e. The number of nitrogens with zero attached hydrogens (tertiary/aromatic N) is 1. The molecule has 0 radical (unpaired) electrons.